The molecule has 2 atom stereocenters. The van der Waals surface area contributed by atoms with Gasteiger partial charge in [0.25, 0.3) is 0 Å². The largest absolute Gasteiger partial charge is 0.338 e. The molecule has 2 N–H and O–H groups in total. The first-order chi connectivity index (χ1) is 8.70. The maximum atomic E-state index is 6.05. The van der Waals surface area contributed by atoms with E-state index in [-0.39, 0.29) is 6.04 Å². The van der Waals surface area contributed by atoms with Crippen molar-refractivity contribution in [3.05, 3.63) is 41.8 Å². The average molecular weight is 246 g/mol. The molecule has 0 radical (unpaired) electrons. The Labute approximate surface area is 106 Å². The van der Waals surface area contributed by atoms with Crippen LogP contribution in [0, 0.1) is 5.92 Å². The van der Waals surface area contributed by atoms with Gasteiger partial charge in [-0.2, -0.15) is 4.98 Å². The van der Waals surface area contributed by atoms with Crippen molar-refractivity contribution < 1.29 is 4.52 Å². The summed E-state index contributed by atoms with van der Waals surface area (Å²) < 4.78 is 5.22. The van der Waals surface area contributed by atoms with E-state index in [4.69, 9.17) is 10.3 Å². The number of pyridine rings is 1. The lowest BCUT2D eigenvalue weighted by Gasteiger charge is -2.12. The molecule has 0 aliphatic heterocycles. The quantitative estimate of drug-likeness (QED) is 0.874. The molecule has 96 valence electrons. The second-order valence-electron chi connectivity index (χ2n) is 4.50. The zero-order chi connectivity index (χ0) is 13.0. The number of nitrogens with zero attached hydrogens (tertiary/aromatic N) is 3. The molecule has 18 heavy (non-hydrogen) atoms. The van der Waals surface area contributed by atoms with Crippen LogP contribution in [0.4, 0.5) is 0 Å². The lowest BCUT2D eigenvalue weighted by atomic mass is 10.0. The Morgan fingerprint density at radius 2 is 2.28 bits per heavy atom. The van der Waals surface area contributed by atoms with Gasteiger partial charge in [-0.05, 0) is 17.5 Å². The van der Waals surface area contributed by atoms with Crippen LogP contribution >= 0.6 is 0 Å². The van der Waals surface area contributed by atoms with Gasteiger partial charge >= 0.3 is 0 Å². The monoisotopic (exact) mass is 246 g/mol. The minimum Gasteiger partial charge on any atom is -0.338 e. The predicted octanol–water partition coefficient (Wildman–Crippen LogP) is 2.10. The second kappa shape index (κ2) is 5.73. The first kappa shape index (κ1) is 12.7. The summed E-state index contributed by atoms with van der Waals surface area (Å²) in [5.41, 5.74) is 7.10. The van der Waals surface area contributed by atoms with Crippen molar-refractivity contribution in [2.45, 2.75) is 32.7 Å². The lowest BCUT2D eigenvalue weighted by Crippen LogP contribution is -2.18. The van der Waals surface area contributed by atoms with Crippen molar-refractivity contribution in [3.63, 3.8) is 0 Å². The smallest absolute Gasteiger partial charge is 0.243 e. The standard InChI is InChI=1S/C13H18N4O/c1-3-9(2)12(14)13-16-11(17-18-13)7-10-5-4-6-15-8-10/h4-6,8-9,12H,3,7,14H2,1-2H3/t9-,12-/m0/s1. The molecule has 0 saturated heterocycles. The highest BCUT2D eigenvalue weighted by Crippen LogP contribution is 2.20. The molecule has 0 amide bonds. The van der Waals surface area contributed by atoms with E-state index in [1.165, 1.54) is 0 Å². The van der Waals surface area contributed by atoms with Crippen LogP contribution in [-0.2, 0) is 6.42 Å². The van der Waals surface area contributed by atoms with Gasteiger partial charge in [-0.3, -0.25) is 4.98 Å². The molecular weight excluding hydrogens is 228 g/mol. The molecule has 0 aromatic carbocycles. The van der Waals surface area contributed by atoms with Gasteiger partial charge in [0.05, 0.1) is 6.04 Å². The summed E-state index contributed by atoms with van der Waals surface area (Å²) in [6.45, 7) is 4.17. The molecule has 2 rings (SSSR count). The summed E-state index contributed by atoms with van der Waals surface area (Å²) >= 11 is 0. The fourth-order valence-corrected chi connectivity index (χ4v) is 1.66. The molecule has 5 nitrogen and oxygen atoms in total. The van der Waals surface area contributed by atoms with Gasteiger partial charge < -0.3 is 10.3 Å². The molecule has 0 aliphatic rings. The fraction of sp³-hybridized carbons (Fsp3) is 0.462. The molecule has 2 aromatic rings. The van der Waals surface area contributed by atoms with E-state index in [9.17, 15) is 0 Å². The molecule has 0 saturated carbocycles. The summed E-state index contributed by atoms with van der Waals surface area (Å²) in [5, 5.41) is 3.96. The maximum Gasteiger partial charge on any atom is 0.243 e. The van der Waals surface area contributed by atoms with E-state index in [1.807, 2.05) is 12.1 Å². The van der Waals surface area contributed by atoms with Gasteiger partial charge in [0.15, 0.2) is 5.82 Å². The van der Waals surface area contributed by atoms with Crippen molar-refractivity contribution >= 4 is 0 Å². The first-order valence-electron chi connectivity index (χ1n) is 6.17. The minimum atomic E-state index is -0.190. The molecule has 2 heterocycles. The molecule has 0 bridgehead atoms. The highest BCUT2D eigenvalue weighted by atomic mass is 16.5. The average Bonchev–Trinajstić information content (AvgIpc) is 2.86. The number of rotatable bonds is 5. The van der Waals surface area contributed by atoms with Crippen LogP contribution < -0.4 is 5.73 Å². The highest BCUT2D eigenvalue weighted by Gasteiger charge is 2.19. The van der Waals surface area contributed by atoms with E-state index >= 15 is 0 Å². The summed E-state index contributed by atoms with van der Waals surface area (Å²) in [4.78, 5) is 8.40. The zero-order valence-electron chi connectivity index (χ0n) is 10.7. The van der Waals surface area contributed by atoms with Crippen LogP contribution in [0.25, 0.3) is 0 Å². The highest BCUT2D eigenvalue weighted by molar-refractivity contribution is 5.13. The van der Waals surface area contributed by atoms with Crippen LogP contribution in [0.5, 0.6) is 0 Å². The Balaban J connectivity index is 2.07. The third kappa shape index (κ3) is 2.92. The van der Waals surface area contributed by atoms with E-state index in [0.29, 0.717) is 24.1 Å². The van der Waals surface area contributed by atoms with Gasteiger partial charge in [-0.1, -0.05) is 31.5 Å². The van der Waals surface area contributed by atoms with Crippen LogP contribution in [0.1, 0.15) is 43.6 Å². The van der Waals surface area contributed by atoms with Crippen molar-refractivity contribution in [1.29, 1.82) is 0 Å². The van der Waals surface area contributed by atoms with Gasteiger partial charge in [0.2, 0.25) is 5.89 Å². The number of hydrogen-bond acceptors (Lipinski definition) is 5. The van der Waals surface area contributed by atoms with Gasteiger partial charge in [-0.15, -0.1) is 0 Å². The third-order valence-electron chi connectivity index (χ3n) is 3.11. The first-order valence-corrected chi connectivity index (χ1v) is 6.17. The van der Waals surface area contributed by atoms with Crippen LogP contribution in [-0.4, -0.2) is 15.1 Å². The Morgan fingerprint density at radius 3 is 2.94 bits per heavy atom. The topological polar surface area (TPSA) is 77.8 Å². The van der Waals surface area contributed by atoms with Crippen molar-refractivity contribution in [3.8, 4) is 0 Å². The molecular formula is C13H18N4O. The Bertz CT molecular complexity index is 483. The van der Waals surface area contributed by atoms with Crippen molar-refractivity contribution in [2.75, 3.05) is 0 Å². The van der Waals surface area contributed by atoms with E-state index in [0.717, 1.165) is 12.0 Å². The Hall–Kier alpha value is -1.75. The Kier molecular flexibility index (Phi) is 4.04. The van der Waals surface area contributed by atoms with Crippen molar-refractivity contribution in [2.24, 2.45) is 11.7 Å². The molecule has 0 fully saturated rings. The SMILES string of the molecule is CC[C@H](C)[C@H](N)c1nc(Cc2cccnc2)no1. The molecule has 0 spiro atoms. The zero-order valence-corrected chi connectivity index (χ0v) is 10.7. The molecule has 0 unspecified atom stereocenters. The van der Waals surface area contributed by atoms with Crippen LogP contribution in [0.3, 0.4) is 0 Å². The van der Waals surface area contributed by atoms with E-state index in [1.54, 1.807) is 12.4 Å². The Morgan fingerprint density at radius 1 is 1.44 bits per heavy atom. The summed E-state index contributed by atoms with van der Waals surface area (Å²) in [5.74, 6) is 1.50. The lowest BCUT2D eigenvalue weighted by molar-refractivity contribution is 0.310. The predicted molar refractivity (Wildman–Crippen MR) is 67.7 cm³/mol. The van der Waals surface area contributed by atoms with E-state index < -0.39 is 0 Å². The van der Waals surface area contributed by atoms with Crippen LogP contribution in [0.2, 0.25) is 0 Å². The van der Waals surface area contributed by atoms with E-state index in [2.05, 4.69) is 29.0 Å². The van der Waals surface area contributed by atoms with Gasteiger partial charge in [0.1, 0.15) is 0 Å². The number of hydrogen-bond donors (Lipinski definition) is 1. The normalized spacial score (nSPS) is 14.4. The molecule has 2 aromatic heterocycles. The second-order valence-corrected chi connectivity index (χ2v) is 4.50. The minimum absolute atomic E-state index is 0.190. The fourth-order valence-electron chi connectivity index (χ4n) is 1.66. The number of aromatic nitrogens is 3. The third-order valence-corrected chi connectivity index (χ3v) is 3.11. The summed E-state index contributed by atoms with van der Waals surface area (Å²) in [6, 6.07) is 3.68. The van der Waals surface area contributed by atoms with Gasteiger partial charge in [-0.25, -0.2) is 0 Å². The maximum absolute atomic E-state index is 6.05. The summed E-state index contributed by atoms with van der Waals surface area (Å²) in [6.07, 6.45) is 5.14. The number of nitrogens with two attached hydrogens (primary N) is 1. The molecule has 0 aliphatic carbocycles. The molecule has 5 heteroatoms. The van der Waals surface area contributed by atoms with Crippen LogP contribution in [0.15, 0.2) is 29.0 Å². The summed E-state index contributed by atoms with van der Waals surface area (Å²) in [7, 11) is 0. The van der Waals surface area contributed by atoms with Gasteiger partial charge in [0, 0.05) is 18.8 Å². The van der Waals surface area contributed by atoms with Crippen molar-refractivity contribution in [1.82, 2.24) is 15.1 Å².